The van der Waals surface area contributed by atoms with E-state index in [0.717, 1.165) is 15.8 Å². The molecule has 0 fully saturated rings. The van der Waals surface area contributed by atoms with E-state index >= 15 is 0 Å². The molecule has 0 saturated heterocycles. The second-order valence-electron chi connectivity index (χ2n) is 4.58. The molecule has 0 saturated carbocycles. The van der Waals surface area contributed by atoms with Gasteiger partial charge in [0.25, 0.3) is 0 Å². The van der Waals surface area contributed by atoms with Gasteiger partial charge in [-0.25, -0.2) is 9.78 Å². The summed E-state index contributed by atoms with van der Waals surface area (Å²) in [5.74, 6) is -0.379. The number of aromatic nitrogens is 4. The largest absolute Gasteiger partial charge is 0.462 e. The van der Waals surface area contributed by atoms with Crippen LogP contribution in [0.2, 0.25) is 5.15 Å². The predicted octanol–water partition coefficient (Wildman–Crippen LogP) is 3.17. The zero-order valence-corrected chi connectivity index (χ0v) is 14.0. The molecule has 114 valence electrons. The molecule has 0 N–H and O–H groups in total. The first-order chi connectivity index (χ1) is 10.6. The summed E-state index contributed by atoms with van der Waals surface area (Å²) >= 11 is 9.59. The second-order valence-corrected chi connectivity index (χ2v) is 5.79. The van der Waals surface area contributed by atoms with Gasteiger partial charge in [0.2, 0.25) is 0 Å². The molecule has 0 amide bonds. The molecular weight excluding hydrogens is 372 g/mol. The number of fused-ring (bicyclic) bond motifs is 1. The Hall–Kier alpha value is -1.86. The summed E-state index contributed by atoms with van der Waals surface area (Å²) in [4.78, 5) is 16.1. The van der Waals surface area contributed by atoms with Gasteiger partial charge in [-0.1, -0.05) is 11.6 Å². The number of esters is 1. The monoisotopic (exact) mass is 382 g/mol. The van der Waals surface area contributed by atoms with Crippen LogP contribution in [0.5, 0.6) is 0 Å². The highest BCUT2D eigenvalue weighted by Crippen LogP contribution is 2.24. The summed E-state index contributed by atoms with van der Waals surface area (Å²) in [6.45, 7) is 2.54. The zero-order valence-electron chi connectivity index (χ0n) is 11.7. The van der Waals surface area contributed by atoms with Crippen LogP contribution in [0.3, 0.4) is 0 Å². The molecule has 3 heterocycles. The molecular formula is C14H12BrClN4O2. The number of carbonyl (C=O) groups excluding carboxylic acids is 1. The van der Waals surface area contributed by atoms with Crippen LogP contribution in [0.15, 0.2) is 35.2 Å². The fourth-order valence-electron chi connectivity index (χ4n) is 2.06. The van der Waals surface area contributed by atoms with Gasteiger partial charge in [-0.2, -0.15) is 5.10 Å². The van der Waals surface area contributed by atoms with E-state index in [1.165, 1.54) is 6.20 Å². The second kappa shape index (κ2) is 6.10. The van der Waals surface area contributed by atoms with Crippen molar-refractivity contribution in [3.05, 3.63) is 51.6 Å². The van der Waals surface area contributed by atoms with E-state index in [-0.39, 0.29) is 5.97 Å². The van der Waals surface area contributed by atoms with Gasteiger partial charge < -0.3 is 4.74 Å². The molecule has 0 aliphatic rings. The van der Waals surface area contributed by atoms with Crippen LogP contribution in [0.1, 0.15) is 23.0 Å². The first-order valence-corrected chi connectivity index (χ1v) is 7.77. The topological polar surface area (TPSA) is 61.4 Å². The Kier molecular flexibility index (Phi) is 4.17. The van der Waals surface area contributed by atoms with Gasteiger partial charge in [0, 0.05) is 12.4 Å². The maximum Gasteiger partial charge on any atom is 0.341 e. The number of pyridine rings is 1. The number of rotatable bonds is 4. The van der Waals surface area contributed by atoms with Crippen LogP contribution in [0, 0.1) is 0 Å². The minimum atomic E-state index is -0.379. The van der Waals surface area contributed by atoms with Crippen LogP contribution in [0.4, 0.5) is 0 Å². The first kappa shape index (κ1) is 15.1. The molecule has 0 aliphatic carbocycles. The van der Waals surface area contributed by atoms with Crippen LogP contribution in [0.25, 0.3) is 5.65 Å². The standard InChI is InChI=1S/C14H12BrClN4O2/c1-2-22-14(21)9-5-17-19(6-9)7-10-8-20-12(18-10)4-3-11(15)13(20)16/h3-6,8H,2,7H2,1H3. The van der Waals surface area contributed by atoms with E-state index in [4.69, 9.17) is 16.3 Å². The molecule has 0 atom stereocenters. The molecule has 0 aliphatic heterocycles. The summed E-state index contributed by atoms with van der Waals surface area (Å²) < 4.78 is 9.16. The van der Waals surface area contributed by atoms with Crippen molar-refractivity contribution in [1.82, 2.24) is 19.2 Å². The smallest absolute Gasteiger partial charge is 0.341 e. The van der Waals surface area contributed by atoms with E-state index in [9.17, 15) is 4.79 Å². The molecule has 0 spiro atoms. The average molecular weight is 384 g/mol. The number of hydrogen-bond acceptors (Lipinski definition) is 4. The van der Waals surface area contributed by atoms with Crippen molar-refractivity contribution in [2.24, 2.45) is 0 Å². The Morgan fingerprint density at radius 1 is 1.41 bits per heavy atom. The Labute approximate surface area is 139 Å². The van der Waals surface area contributed by atoms with E-state index in [0.29, 0.717) is 23.9 Å². The van der Waals surface area contributed by atoms with Crippen LogP contribution in [-0.4, -0.2) is 31.7 Å². The fourth-order valence-corrected chi connectivity index (χ4v) is 2.58. The molecule has 3 aromatic heterocycles. The number of hydrogen-bond donors (Lipinski definition) is 0. The normalized spacial score (nSPS) is 11.0. The van der Waals surface area contributed by atoms with E-state index in [1.807, 2.05) is 18.3 Å². The Bertz CT molecular complexity index is 843. The lowest BCUT2D eigenvalue weighted by Crippen LogP contribution is -2.04. The lowest BCUT2D eigenvalue weighted by molar-refractivity contribution is 0.0526. The van der Waals surface area contributed by atoms with Gasteiger partial charge in [-0.15, -0.1) is 0 Å². The first-order valence-electron chi connectivity index (χ1n) is 6.60. The molecule has 0 aromatic carbocycles. The molecule has 0 unspecified atom stereocenters. The molecule has 8 heteroatoms. The van der Waals surface area contributed by atoms with E-state index in [2.05, 4.69) is 26.0 Å². The van der Waals surface area contributed by atoms with Crippen LogP contribution in [-0.2, 0) is 11.3 Å². The highest BCUT2D eigenvalue weighted by atomic mass is 79.9. The molecule has 3 rings (SSSR count). The quantitative estimate of drug-likeness (QED) is 0.513. The maximum absolute atomic E-state index is 11.6. The minimum Gasteiger partial charge on any atom is -0.462 e. The van der Waals surface area contributed by atoms with E-state index < -0.39 is 0 Å². The van der Waals surface area contributed by atoms with Crippen molar-refractivity contribution in [3.8, 4) is 0 Å². The van der Waals surface area contributed by atoms with Crippen LogP contribution >= 0.6 is 27.5 Å². The summed E-state index contributed by atoms with van der Waals surface area (Å²) in [5.41, 5.74) is 1.96. The molecule has 0 radical (unpaired) electrons. The predicted molar refractivity (Wildman–Crippen MR) is 85.2 cm³/mol. The third-order valence-corrected chi connectivity index (χ3v) is 4.29. The fraction of sp³-hybridized carbons (Fsp3) is 0.214. The third kappa shape index (κ3) is 2.86. The van der Waals surface area contributed by atoms with Gasteiger partial charge in [0.15, 0.2) is 0 Å². The number of imidazole rings is 1. The van der Waals surface area contributed by atoms with Crippen molar-refractivity contribution < 1.29 is 9.53 Å². The summed E-state index contributed by atoms with van der Waals surface area (Å²) in [7, 11) is 0. The SMILES string of the molecule is CCOC(=O)c1cnn(Cc2cn3c(Cl)c(Br)ccc3n2)c1. The van der Waals surface area contributed by atoms with Crippen molar-refractivity contribution in [1.29, 1.82) is 0 Å². The molecule has 22 heavy (non-hydrogen) atoms. The van der Waals surface area contributed by atoms with Crippen LogP contribution < -0.4 is 0 Å². The summed E-state index contributed by atoms with van der Waals surface area (Å²) in [6, 6.07) is 3.72. The lowest BCUT2D eigenvalue weighted by atomic mass is 10.4. The Morgan fingerprint density at radius 3 is 3.00 bits per heavy atom. The molecule has 0 bridgehead atoms. The van der Waals surface area contributed by atoms with Gasteiger partial charge >= 0.3 is 5.97 Å². The van der Waals surface area contributed by atoms with Gasteiger partial charge in [0.05, 0.1) is 35.1 Å². The van der Waals surface area contributed by atoms with Gasteiger partial charge in [-0.05, 0) is 35.0 Å². The number of halogens is 2. The van der Waals surface area contributed by atoms with Crippen molar-refractivity contribution in [3.63, 3.8) is 0 Å². The minimum absolute atomic E-state index is 0.337. The maximum atomic E-state index is 11.6. The number of nitrogens with zero attached hydrogens (tertiary/aromatic N) is 4. The van der Waals surface area contributed by atoms with Gasteiger partial charge in [-0.3, -0.25) is 9.08 Å². The molecule has 6 nitrogen and oxygen atoms in total. The van der Waals surface area contributed by atoms with Crippen molar-refractivity contribution in [2.75, 3.05) is 6.61 Å². The number of ether oxygens (including phenoxy) is 1. The highest BCUT2D eigenvalue weighted by molar-refractivity contribution is 9.10. The molecule has 3 aromatic rings. The lowest BCUT2D eigenvalue weighted by Gasteiger charge is -1.98. The zero-order chi connectivity index (χ0) is 15.7. The highest BCUT2D eigenvalue weighted by Gasteiger charge is 2.11. The Balaban J connectivity index is 1.84. The van der Waals surface area contributed by atoms with E-state index in [1.54, 1.807) is 22.2 Å². The van der Waals surface area contributed by atoms with Crippen molar-refractivity contribution in [2.45, 2.75) is 13.5 Å². The summed E-state index contributed by atoms with van der Waals surface area (Å²) in [5, 5.41) is 4.71. The van der Waals surface area contributed by atoms with Gasteiger partial charge in [0.1, 0.15) is 10.8 Å². The Morgan fingerprint density at radius 2 is 2.23 bits per heavy atom. The average Bonchev–Trinajstić information content (AvgIpc) is 3.11. The third-order valence-electron chi connectivity index (χ3n) is 3.04. The number of carbonyl (C=O) groups is 1. The van der Waals surface area contributed by atoms with Crippen molar-refractivity contribution >= 4 is 39.1 Å². The summed E-state index contributed by atoms with van der Waals surface area (Å²) in [6.07, 6.45) is 4.96.